The minimum Gasteiger partial charge on any atom is -0.478 e. The zero-order chi connectivity index (χ0) is 14.5. The maximum atomic E-state index is 12.1. The molecule has 0 saturated carbocycles. The molecule has 1 heterocycles. The van der Waals surface area contributed by atoms with Crippen molar-refractivity contribution in [2.75, 3.05) is 12.1 Å². The third-order valence-corrected chi connectivity index (χ3v) is 2.77. The first-order valence-electron chi connectivity index (χ1n) is 6.02. The van der Waals surface area contributed by atoms with Crippen LogP contribution in [0.4, 0.5) is 0 Å². The van der Waals surface area contributed by atoms with E-state index >= 15 is 0 Å². The number of rotatable bonds is 5. The average Bonchev–Trinajstić information content (AvgIpc) is 2.86. The van der Waals surface area contributed by atoms with Crippen molar-refractivity contribution in [2.45, 2.75) is 13.0 Å². The van der Waals surface area contributed by atoms with Crippen LogP contribution in [0, 0.1) is 0 Å². The van der Waals surface area contributed by atoms with Gasteiger partial charge in [0.05, 0.1) is 13.5 Å². The number of carboxylic acids is 1. The second-order valence-electron chi connectivity index (χ2n) is 4.30. The number of likely N-dealkylation sites (N-methyl/N-ethyl adjacent to an activating group) is 1. The number of nitrogens with zero attached hydrogens (tertiary/aromatic N) is 4. The van der Waals surface area contributed by atoms with E-state index in [2.05, 4.69) is 5.10 Å². The third kappa shape index (κ3) is 3.41. The van der Waals surface area contributed by atoms with E-state index < -0.39 is 5.97 Å². The number of hydrogen-bond acceptors (Lipinski definition) is 3. The number of carbonyl (C=O) groups excluding carboxylic acids is 1. The molecule has 0 aliphatic rings. The molecule has 7 nitrogen and oxygen atoms in total. The summed E-state index contributed by atoms with van der Waals surface area (Å²) in [4.78, 5) is 22.7. The van der Waals surface area contributed by atoms with E-state index in [0.717, 1.165) is 5.56 Å². The van der Waals surface area contributed by atoms with Gasteiger partial charge in [0.1, 0.15) is 0 Å². The summed E-state index contributed by atoms with van der Waals surface area (Å²) in [6, 6.07) is 9.40. The van der Waals surface area contributed by atoms with Gasteiger partial charge in [0.25, 0.3) is 12.2 Å². The van der Waals surface area contributed by atoms with E-state index in [-0.39, 0.29) is 18.9 Å². The van der Waals surface area contributed by atoms with Crippen LogP contribution in [-0.2, 0) is 22.6 Å². The van der Waals surface area contributed by atoms with Crippen molar-refractivity contribution in [3.8, 4) is 0 Å². The highest BCUT2D eigenvalue weighted by Crippen LogP contribution is 2.01. The molecule has 0 radical (unpaired) electrons. The summed E-state index contributed by atoms with van der Waals surface area (Å²) >= 11 is 0. The Bertz CT molecular complexity index is 609. The van der Waals surface area contributed by atoms with Crippen molar-refractivity contribution >= 4 is 11.9 Å². The fourth-order valence-electron chi connectivity index (χ4n) is 1.70. The van der Waals surface area contributed by atoms with E-state index in [9.17, 15) is 9.59 Å². The Labute approximate surface area is 115 Å². The summed E-state index contributed by atoms with van der Waals surface area (Å²) < 4.78 is 2.70. The van der Waals surface area contributed by atoms with E-state index in [4.69, 9.17) is 5.11 Å². The molecule has 0 unspecified atom stereocenters. The highest BCUT2D eigenvalue weighted by molar-refractivity contribution is 5.87. The largest absolute Gasteiger partial charge is 0.478 e. The summed E-state index contributed by atoms with van der Waals surface area (Å²) in [5, 5.41) is 13.9. The van der Waals surface area contributed by atoms with Crippen LogP contribution in [0.3, 0.4) is 0 Å². The molecule has 0 saturated heterocycles. The zero-order valence-electron chi connectivity index (χ0n) is 11.0. The first-order chi connectivity index (χ1) is 9.56. The van der Waals surface area contributed by atoms with Crippen LogP contribution in [0.15, 0.2) is 43.0 Å². The minimum absolute atomic E-state index is 0.115. The highest BCUT2D eigenvalue weighted by atomic mass is 16.4. The van der Waals surface area contributed by atoms with Crippen LogP contribution in [0.5, 0.6) is 0 Å². The van der Waals surface area contributed by atoms with E-state index in [1.54, 1.807) is 7.05 Å². The van der Waals surface area contributed by atoms with Crippen LogP contribution in [0.25, 0.3) is 0 Å². The molecule has 0 atom stereocenters. The Hall–Kier alpha value is -2.70. The molecule has 1 N–H and O–H groups in total. The molecule has 2 rings (SSSR count). The molecule has 20 heavy (non-hydrogen) atoms. The molecule has 104 valence electrons. The third-order valence-electron chi connectivity index (χ3n) is 2.77. The zero-order valence-corrected chi connectivity index (χ0v) is 11.0. The molecule has 1 aromatic heterocycles. The van der Waals surface area contributed by atoms with Crippen molar-refractivity contribution in [1.82, 2.24) is 9.77 Å². The number of aromatic nitrogens is 3. The molecular weight excluding hydrogens is 260 g/mol. The summed E-state index contributed by atoms with van der Waals surface area (Å²) in [6.45, 7) is -0.242. The first-order valence-corrected chi connectivity index (χ1v) is 6.02. The lowest BCUT2D eigenvalue weighted by Gasteiger charge is -2.11. The second kappa shape index (κ2) is 5.96. The summed E-state index contributed by atoms with van der Waals surface area (Å²) in [6.07, 6.45) is 3.12. The number of hydrogen-bond donors (Lipinski definition) is 1. The molecule has 2 aromatic rings. The standard InChI is InChI=1S/C13H14N4O3/c1-15(12(18)7-11-5-3-2-4-6-11)17-9-14-16(10-17)8-13(19)20/h2-6,9-10H,7-8H2,1H3/p+1. The predicted molar refractivity (Wildman–Crippen MR) is 69.4 cm³/mol. The summed E-state index contributed by atoms with van der Waals surface area (Å²) in [7, 11) is 1.61. The van der Waals surface area contributed by atoms with Gasteiger partial charge < -0.3 is 5.11 Å². The Morgan fingerprint density at radius 3 is 2.70 bits per heavy atom. The molecule has 0 bridgehead atoms. The monoisotopic (exact) mass is 275 g/mol. The Morgan fingerprint density at radius 1 is 1.35 bits per heavy atom. The molecule has 0 aliphatic heterocycles. The number of aliphatic carboxylic acids is 1. The molecule has 0 fully saturated rings. The van der Waals surface area contributed by atoms with Crippen LogP contribution in [-0.4, -0.2) is 33.8 Å². The Kier molecular flexibility index (Phi) is 4.09. The SMILES string of the molecule is CN(C(=O)Cc1ccccc1)n1cn[n+](CC(=O)O)c1. The summed E-state index contributed by atoms with van der Waals surface area (Å²) in [5.41, 5.74) is 0.919. The van der Waals surface area contributed by atoms with Crippen LogP contribution >= 0.6 is 0 Å². The molecule has 7 heteroatoms. The van der Waals surface area contributed by atoms with Crippen molar-refractivity contribution in [3.05, 3.63) is 48.5 Å². The number of amides is 1. The minimum atomic E-state index is -0.987. The quantitative estimate of drug-likeness (QED) is 0.753. The van der Waals surface area contributed by atoms with E-state index in [1.807, 2.05) is 30.3 Å². The van der Waals surface area contributed by atoms with E-state index in [0.29, 0.717) is 0 Å². The lowest BCUT2D eigenvalue weighted by Crippen LogP contribution is -2.41. The fraction of sp³-hybridized carbons (Fsp3) is 0.231. The highest BCUT2D eigenvalue weighted by Gasteiger charge is 2.18. The fourth-order valence-corrected chi connectivity index (χ4v) is 1.70. The van der Waals surface area contributed by atoms with Gasteiger partial charge in [0, 0.05) is 0 Å². The smallest absolute Gasteiger partial charge is 0.348 e. The summed E-state index contributed by atoms with van der Waals surface area (Å²) in [5.74, 6) is -1.10. The Balaban J connectivity index is 2.03. The van der Waals surface area contributed by atoms with Gasteiger partial charge >= 0.3 is 5.97 Å². The molecular formula is C13H15N4O3+. The van der Waals surface area contributed by atoms with Crippen molar-refractivity contribution in [1.29, 1.82) is 0 Å². The number of benzene rings is 1. The van der Waals surface area contributed by atoms with Gasteiger partial charge in [0.2, 0.25) is 12.9 Å². The molecule has 1 aromatic carbocycles. The Morgan fingerprint density at radius 2 is 2.05 bits per heavy atom. The van der Waals surface area contributed by atoms with E-state index in [1.165, 1.54) is 27.0 Å². The van der Waals surface area contributed by atoms with Crippen molar-refractivity contribution in [3.63, 3.8) is 0 Å². The number of carboxylic acid groups (broad SMARTS) is 1. The maximum Gasteiger partial charge on any atom is 0.348 e. The molecule has 1 amide bonds. The average molecular weight is 275 g/mol. The predicted octanol–water partition coefficient (Wildman–Crippen LogP) is -0.408. The molecule has 0 aliphatic carbocycles. The van der Waals surface area contributed by atoms with Gasteiger partial charge in [-0.25, -0.2) is 4.79 Å². The first kappa shape index (κ1) is 13.7. The number of carbonyl (C=O) groups is 2. The van der Waals surface area contributed by atoms with Crippen LogP contribution < -0.4 is 9.69 Å². The lowest BCUT2D eigenvalue weighted by atomic mass is 10.1. The van der Waals surface area contributed by atoms with Crippen molar-refractivity contribution < 1.29 is 19.4 Å². The van der Waals surface area contributed by atoms with Crippen LogP contribution in [0.2, 0.25) is 0 Å². The van der Waals surface area contributed by atoms with Gasteiger partial charge in [-0.05, 0) is 10.7 Å². The topological polar surface area (TPSA) is 79.3 Å². The lowest BCUT2D eigenvalue weighted by molar-refractivity contribution is -0.741. The van der Waals surface area contributed by atoms with Gasteiger partial charge in [0.15, 0.2) is 0 Å². The molecule has 0 spiro atoms. The maximum absolute atomic E-state index is 12.1. The van der Waals surface area contributed by atoms with Gasteiger partial charge in [-0.1, -0.05) is 30.3 Å². The normalized spacial score (nSPS) is 10.2. The second-order valence-corrected chi connectivity index (χ2v) is 4.30. The van der Waals surface area contributed by atoms with Crippen LogP contribution in [0.1, 0.15) is 5.56 Å². The van der Waals surface area contributed by atoms with Gasteiger partial charge in [-0.15, -0.1) is 9.36 Å². The van der Waals surface area contributed by atoms with Gasteiger partial charge in [-0.2, -0.15) is 5.01 Å². The van der Waals surface area contributed by atoms with Crippen molar-refractivity contribution in [2.24, 2.45) is 0 Å². The van der Waals surface area contributed by atoms with Gasteiger partial charge in [-0.3, -0.25) is 4.79 Å².